The van der Waals surface area contributed by atoms with Gasteiger partial charge < -0.3 is 20.1 Å². The predicted octanol–water partition coefficient (Wildman–Crippen LogP) is 2.35. The minimum Gasteiger partial charge on any atom is -0.480 e. The van der Waals surface area contributed by atoms with Crippen molar-refractivity contribution < 1.29 is 19.1 Å². The van der Waals surface area contributed by atoms with Gasteiger partial charge in [0, 0.05) is 12.1 Å². The molecule has 6 nitrogen and oxygen atoms in total. The highest BCUT2D eigenvalue weighted by Gasteiger charge is 2.29. The molecule has 2 aliphatic heterocycles. The first-order valence-electron chi connectivity index (χ1n) is 7.77. The van der Waals surface area contributed by atoms with Gasteiger partial charge in [-0.2, -0.15) is 0 Å². The average Bonchev–Trinajstić information content (AvgIpc) is 3.00. The first-order chi connectivity index (χ1) is 11.6. The second kappa shape index (κ2) is 5.56. The Morgan fingerprint density at radius 1 is 1.17 bits per heavy atom. The smallest absolute Gasteiger partial charge is 0.265 e. The Kier molecular flexibility index (Phi) is 3.37. The summed E-state index contributed by atoms with van der Waals surface area (Å²) in [6, 6.07) is 12.8. The van der Waals surface area contributed by atoms with E-state index in [4.69, 9.17) is 9.47 Å². The lowest BCUT2D eigenvalue weighted by Crippen LogP contribution is -2.34. The number of hydrogen-bond acceptors (Lipinski definition) is 4. The molecule has 0 bridgehead atoms. The Morgan fingerprint density at radius 2 is 2.00 bits per heavy atom. The molecule has 0 aliphatic carbocycles. The fourth-order valence-corrected chi connectivity index (χ4v) is 2.84. The largest absolute Gasteiger partial charge is 0.480 e. The van der Waals surface area contributed by atoms with Gasteiger partial charge >= 0.3 is 0 Å². The van der Waals surface area contributed by atoms with Gasteiger partial charge in [0.05, 0.1) is 5.69 Å². The number of carbonyl (C=O) groups excluding carboxylic acids is 2. The lowest BCUT2D eigenvalue weighted by Gasteiger charge is -2.23. The molecular weight excluding hydrogens is 308 g/mol. The normalized spacial score (nSPS) is 21.0. The number of ether oxygens (including phenoxy) is 2. The summed E-state index contributed by atoms with van der Waals surface area (Å²) in [6.07, 6.45) is -0.530. The highest BCUT2D eigenvalue weighted by Crippen LogP contribution is 2.33. The molecular formula is C18H16N2O4. The van der Waals surface area contributed by atoms with Crippen molar-refractivity contribution in [3.05, 3.63) is 48.0 Å². The van der Waals surface area contributed by atoms with E-state index in [1.54, 1.807) is 25.1 Å². The number of amides is 2. The molecule has 2 aromatic carbocycles. The van der Waals surface area contributed by atoms with Gasteiger partial charge in [0.15, 0.2) is 12.2 Å². The topological polar surface area (TPSA) is 76.7 Å². The van der Waals surface area contributed by atoms with Crippen molar-refractivity contribution in [3.8, 4) is 11.5 Å². The van der Waals surface area contributed by atoms with E-state index < -0.39 is 12.2 Å². The molecule has 2 heterocycles. The molecule has 6 heteroatoms. The number of benzene rings is 2. The Hall–Kier alpha value is -3.02. The van der Waals surface area contributed by atoms with E-state index in [1.807, 2.05) is 24.3 Å². The first-order valence-corrected chi connectivity index (χ1v) is 7.77. The van der Waals surface area contributed by atoms with E-state index in [0.717, 1.165) is 11.3 Å². The van der Waals surface area contributed by atoms with Crippen molar-refractivity contribution in [2.24, 2.45) is 0 Å². The summed E-state index contributed by atoms with van der Waals surface area (Å²) >= 11 is 0. The van der Waals surface area contributed by atoms with Gasteiger partial charge in [-0.05, 0) is 36.8 Å². The summed E-state index contributed by atoms with van der Waals surface area (Å²) in [6.45, 7) is 1.68. The van der Waals surface area contributed by atoms with E-state index in [-0.39, 0.29) is 11.8 Å². The monoisotopic (exact) mass is 324 g/mol. The van der Waals surface area contributed by atoms with E-state index >= 15 is 0 Å². The molecule has 0 spiro atoms. The van der Waals surface area contributed by atoms with Gasteiger partial charge in [0.1, 0.15) is 11.5 Å². The molecule has 0 unspecified atom stereocenters. The Bertz CT molecular complexity index is 809. The zero-order valence-electron chi connectivity index (χ0n) is 13.0. The van der Waals surface area contributed by atoms with Crippen LogP contribution in [0, 0.1) is 0 Å². The van der Waals surface area contributed by atoms with Gasteiger partial charge in [-0.3, -0.25) is 9.59 Å². The molecule has 0 saturated carbocycles. The summed E-state index contributed by atoms with van der Waals surface area (Å²) in [5, 5.41) is 5.58. The van der Waals surface area contributed by atoms with Crippen LogP contribution in [0.1, 0.15) is 12.5 Å². The minimum atomic E-state index is -0.552. The molecule has 2 amide bonds. The molecule has 2 aliphatic rings. The molecule has 122 valence electrons. The molecule has 0 aromatic heterocycles. The molecule has 0 fully saturated rings. The fraction of sp³-hybridized carbons (Fsp3) is 0.222. The zero-order chi connectivity index (χ0) is 16.7. The van der Waals surface area contributed by atoms with Crippen LogP contribution in [0.2, 0.25) is 0 Å². The quantitative estimate of drug-likeness (QED) is 0.889. The van der Waals surface area contributed by atoms with Crippen LogP contribution in [0.4, 0.5) is 11.4 Å². The third-order valence-electron chi connectivity index (χ3n) is 4.12. The SMILES string of the molecule is C[C@H]1Oc2ccc(NC(=O)[C@@H]3Cc4ccccc4O3)cc2NC1=O. The number of hydrogen-bond donors (Lipinski definition) is 2. The van der Waals surface area contributed by atoms with Crippen LogP contribution in [0.3, 0.4) is 0 Å². The van der Waals surface area contributed by atoms with Crippen LogP contribution in [-0.4, -0.2) is 24.0 Å². The summed E-state index contributed by atoms with van der Waals surface area (Å²) in [5.74, 6) is 0.908. The second-order valence-electron chi connectivity index (χ2n) is 5.87. The molecule has 24 heavy (non-hydrogen) atoms. The maximum absolute atomic E-state index is 12.4. The summed E-state index contributed by atoms with van der Waals surface area (Å²) < 4.78 is 11.2. The van der Waals surface area contributed by atoms with Crippen LogP contribution >= 0.6 is 0 Å². The number of nitrogens with one attached hydrogen (secondary N) is 2. The van der Waals surface area contributed by atoms with Crippen LogP contribution in [0.5, 0.6) is 11.5 Å². The Balaban J connectivity index is 1.48. The van der Waals surface area contributed by atoms with Crippen LogP contribution in [-0.2, 0) is 16.0 Å². The summed E-state index contributed by atoms with van der Waals surface area (Å²) in [4.78, 5) is 24.1. The Morgan fingerprint density at radius 3 is 2.83 bits per heavy atom. The van der Waals surface area contributed by atoms with Crippen LogP contribution < -0.4 is 20.1 Å². The van der Waals surface area contributed by atoms with Gasteiger partial charge in [-0.1, -0.05) is 18.2 Å². The lowest BCUT2D eigenvalue weighted by atomic mass is 10.1. The highest BCUT2D eigenvalue weighted by atomic mass is 16.5. The van der Waals surface area contributed by atoms with Gasteiger partial charge in [0.25, 0.3) is 11.8 Å². The first kappa shape index (κ1) is 14.6. The third-order valence-corrected chi connectivity index (χ3v) is 4.12. The Labute approximate surface area is 138 Å². The van der Waals surface area contributed by atoms with E-state index in [1.165, 1.54) is 0 Å². The van der Waals surface area contributed by atoms with E-state index in [9.17, 15) is 9.59 Å². The van der Waals surface area contributed by atoms with Crippen molar-refractivity contribution in [3.63, 3.8) is 0 Å². The van der Waals surface area contributed by atoms with Gasteiger partial charge in [0.2, 0.25) is 0 Å². The average molecular weight is 324 g/mol. The molecule has 0 radical (unpaired) electrons. The summed E-state index contributed by atoms with van der Waals surface area (Å²) in [5.41, 5.74) is 2.15. The fourth-order valence-electron chi connectivity index (χ4n) is 2.84. The summed E-state index contributed by atoms with van der Waals surface area (Å²) in [7, 11) is 0. The van der Waals surface area contributed by atoms with Crippen molar-refractivity contribution in [1.82, 2.24) is 0 Å². The third kappa shape index (κ3) is 2.56. The number of anilines is 2. The number of rotatable bonds is 2. The second-order valence-corrected chi connectivity index (χ2v) is 5.87. The van der Waals surface area contributed by atoms with Crippen LogP contribution in [0.25, 0.3) is 0 Å². The van der Waals surface area contributed by atoms with E-state index in [2.05, 4.69) is 10.6 Å². The number of carbonyl (C=O) groups is 2. The van der Waals surface area contributed by atoms with Crippen molar-refractivity contribution in [2.45, 2.75) is 25.6 Å². The molecule has 2 aromatic rings. The maximum atomic E-state index is 12.4. The molecule has 0 saturated heterocycles. The molecule has 2 atom stereocenters. The molecule has 2 N–H and O–H groups in total. The standard InChI is InChI=1S/C18H16N2O4/c1-10-17(21)20-13-9-12(6-7-15(13)23-10)19-18(22)16-8-11-4-2-3-5-14(11)24-16/h2-7,9-10,16H,8H2,1H3,(H,19,22)(H,20,21)/t10-,16+/m1/s1. The van der Waals surface area contributed by atoms with E-state index in [0.29, 0.717) is 23.5 Å². The number of fused-ring (bicyclic) bond motifs is 2. The van der Waals surface area contributed by atoms with Gasteiger partial charge in [-0.25, -0.2) is 0 Å². The number of para-hydroxylation sites is 1. The molecule has 4 rings (SSSR count). The predicted molar refractivity (Wildman–Crippen MR) is 88.4 cm³/mol. The van der Waals surface area contributed by atoms with Crippen molar-refractivity contribution >= 4 is 23.2 Å². The highest BCUT2D eigenvalue weighted by molar-refractivity contribution is 6.00. The zero-order valence-corrected chi connectivity index (χ0v) is 13.0. The van der Waals surface area contributed by atoms with Crippen molar-refractivity contribution in [1.29, 1.82) is 0 Å². The minimum absolute atomic E-state index is 0.208. The maximum Gasteiger partial charge on any atom is 0.265 e. The van der Waals surface area contributed by atoms with Crippen LogP contribution in [0.15, 0.2) is 42.5 Å². The van der Waals surface area contributed by atoms with Crippen molar-refractivity contribution in [2.75, 3.05) is 10.6 Å². The van der Waals surface area contributed by atoms with Gasteiger partial charge in [-0.15, -0.1) is 0 Å². The lowest BCUT2D eigenvalue weighted by molar-refractivity contribution is -0.123.